The van der Waals surface area contributed by atoms with E-state index in [1.807, 2.05) is 6.08 Å². The Morgan fingerprint density at radius 1 is 1.17 bits per heavy atom. The lowest BCUT2D eigenvalue weighted by Crippen LogP contribution is -2.50. The third-order valence-electron chi connectivity index (χ3n) is 11.1. The van der Waals surface area contributed by atoms with Crippen LogP contribution in [0.4, 0.5) is 4.39 Å². The van der Waals surface area contributed by atoms with E-state index >= 15 is 0 Å². The zero-order valence-corrected chi connectivity index (χ0v) is 23.8. The Morgan fingerprint density at radius 3 is 2.72 bits per heavy atom. The number of hydrogen-bond acceptors (Lipinski definition) is 3. The van der Waals surface area contributed by atoms with E-state index in [0.29, 0.717) is 23.2 Å². The van der Waals surface area contributed by atoms with Crippen molar-refractivity contribution < 1.29 is 4.39 Å². The SMILES string of the molecule is C=C/C=C1/CCC2C(CCC3(C)C(C(C)=NCCCNCCC4NCCC4F)CCC23)C1(C)CCC. The molecule has 0 bridgehead atoms. The number of fused-ring (bicyclic) bond motifs is 3. The second kappa shape index (κ2) is 12.2. The Bertz CT molecular complexity index is 805. The summed E-state index contributed by atoms with van der Waals surface area (Å²) in [6, 6.07) is 0.0533. The second-order valence-electron chi connectivity index (χ2n) is 13.0. The maximum atomic E-state index is 13.7. The van der Waals surface area contributed by atoms with E-state index in [1.165, 1.54) is 57.1 Å². The summed E-state index contributed by atoms with van der Waals surface area (Å²) in [5.41, 5.74) is 3.87. The molecule has 1 saturated heterocycles. The van der Waals surface area contributed by atoms with Gasteiger partial charge in [-0.1, -0.05) is 51.5 Å². The van der Waals surface area contributed by atoms with Gasteiger partial charge in [0.2, 0.25) is 0 Å². The predicted molar refractivity (Wildman–Crippen MR) is 152 cm³/mol. The molecule has 0 amide bonds. The van der Waals surface area contributed by atoms with Gasteiger partial charge in [-0.05, 0) is 119 Å². The van der Waals surface area contributed by atoms with Crippen LogP contribution in [0.15, 0.2) is 29.3 Å². The number of allylic oxidation sites excluding steroid dienone is 3. The fourth-order valence-corrected chi connectivity index (χ4v) is 9.27. The molecule has 8 unspecified atom stereocenters. The minimum atomic E-state index is -0.662. The van der Waals surface area contributed by atoms with Gasteiger partial charge in [0.25, 0.3) is 0 Å². The fourth-order valence-electron chi connectivity index (χ4n) is 9.27. The van der Waals surface area contributed by atoms with Gasteiger partial charge in [0, 0.05) is 24.2 Å². The Morgan fingerprint density at radius 2 is 2.00 bits per heavy atom. The lowest BCUT2D eigenvalue weighted by Gasteiger charge is -2.57. The highest BCUT2D eigenvalue weighted by Gasteiger charge is 2.58. The van der Waals surface area contributed by atoms with Crippen LogP contribution in [0.25, 0.3) is 0 Å². The maximum Gasteiger partial charge on any atom is 0.117 e. The Kier molecular flexibility index (Phi) is 9.53. The molecule has 3 saturated carbocycles. The van der Waals surface area contributed by atoms with Crippen LogP contribution >= 0.6 is 0 Å². The molecule has 3 nitrogen and oxygen atoms in total. The van der Waals surface area contributed by atoms with Crippen molar-refractivity contribution in [3.8, 4) is 0 Å². The Balaban J connectivity index is 1.30. The highest BCUT2D eigenvalue weighted by Crippen LogP contribution is 2.66. The average Bonchev–Trinajstić information content (AvgIpc) is 3.42. The number of hydrogen-bond donors (Lipinski definition) is 2. The van der Waals surface area contributed by atoms with Crippen LogP contribution in [0, 0.1) is 34.5 Å². The summed E-state index contributed by atoms with van der Waals surface area (Å²) in [6.45, 7) is 17.5. The highest BCUT2D eigenvalue weighted by atomic mass is 19.1. The standard InChI is InChI=1S/C32H54FN3/c1-6-9-24-10-11-25-27-13-12-26(32(27,5)18-14-28(25)31(24,4)17-7-2)23(3)35-20-8-19-34-21-16-30-29(33)15-22-36-30/h6,9,25-30,34,36H,1,7-8,10-22H2,2-5H3/b24-9-,35-23?. The van der Waals surface area contributed by atoms with Gasteiger partial charge in [-0.2, -0.15) is 0 Å². The molecule has 4 aliphatic rings. The molecule has 3 aliphatic carbocycles. The van der Waals surface area contributed by atoms with Crippen LogP contribution in [0.2, 0.25) is 0 Å². The van der Waals surface area contributed by atoms with Gasteiger partial charge in [0.1, 0.15) is 6.17 Å². The summed E-state index contributed by atoms with van der Waals surface area (Å²) in [5, 5.41) is 6.78. The van der Waals surface area contributed by atoms with Gasteiger partial charge in [-0.25, -0.2) is 4.39 Å². The van der Waals surface area contributed by atoms with Crippen LogP contribution in [0.3, 0.4) is 0 Å². The summed E-state index contributed by atoms with van der Waals surface area (Å²) in [5.74, 6) is 3.24. The molecule has 0 aromatic carbocycles. The van der Waals surface area contributed by atoms with E-state index in [2.05, 4.69) is 51.0 Å². The molecule has 0 radical (unpaired) electrons. The predicted octanol–water partition coefficient (Wildman–Crippen LogP) is 7.29. The summed E-state index contributed by atoms with van der Waals surface area (Å²) in [4.78, 5) is 5.11. The molecular formula is C32H54FN3. The van der Waals surface area contributed by atoms with E-state index in [-0.39, 0.29) is 6.04 Å². The lowest BCUT2D eigenvalue weighted by molar-refractivity contribution is -0.0408. The van der Waals surface area contributed by atoms with Crippen molar-refractivity contribution in [3.05, 3.63) is 24.3 Å². The van der Waals surface area contributed by atoms with Gasteiger partial charge < -0.3 is 10.6 Å². The maximum absolute atomic E-state index is 13.7. The molecule has 2 N–H and O–H groups in total. The largest absolute Gasteiger partial charge is 0.317 e. The first-order chi connectivity index (χ1) is 17.3. The summed E-state index contributed by atoms with van der Waals surface area (Å²) in [7, 11) is 0. The lowest BCUT2D eigenvalue weighted by atomic mass is 9.47. The first-order valence-corrected chi connectivity index (χ1v) is 15.3. The summed E-state index contributed by atoms with van der Waals surface area (Å²) >= 11 is 0. The molecule has 0 spiro atoms. The highest BCUT2D eigenvalue weighted by molar-refractivity contribution is 5.85. The third-order valence-corrected chi connectivity index (χ3v) is 11.1. The molecule has 8 atom stereocenters. The number of aliphatic imine (C=N–C) groups is 1. The van der Waals surface area contributed by atoms with Crippen molar-refractivity contribution in [2.75, 3.05) is 26.2 Å². The van der Waals surface area contributed by atoms with Crippen molar-refractivity contribution in [3.63, 3.8) is 0 Å². The van der Waals surface area contributed by atoms with Crippen LogP contribution in [-0.2, 0) is 0 Å². The van der Waals surface area contributed by atoms with Gasteiger partial charge in [-0.3, -0.25) is 4.99 Å². The number of nitrogens with zero attached hydrogens (tertiary/aromatic N) is 1. The smallest absolute Gasteiger partial charge is 0.117 e. The van der Waals surface area contributed by atoms with Crippen molar-refractivity contribution in [2.45, 2.75) is 111 Å². The molecule has 1 aliphatic heterocycles. The number of halogens is 1. The number of nitrogens with one attached hydrogen (secondary N) is 2. The van der Waals surface area contributed by atoms with E-state index in [9.17, 15) is 4.39 Å². The van der Waals surface area contributed by atoms with Crippen molar-refractivity contribution in [1.29, 1.82) is 0 Å². The van der Waals surface area contributed by atoms with Crippen LogP contribution in [0.5, 0.6) is 0 Å². The summed E-state index contributed by atoms with van der Waals surface area (Å²) in [6.07, 6.45) is 17.1. The van der Waals surface area contributed by atoms with E-state index in [0.717, 1.165) is 56.8 Å². The third kappa shape index (κ3) is 5.55. The zero-order valence-electron chi connectivity index (χ0n) is 23.8. The normalized spacial score (nSPS) is 41.9. The van der Waals surface area contributed by atoms with Crippen LogP contribution < -0.4 is 10.6 Å². The second-order valence-corrected chi connectivity index (χ2v) is 13.0. The van der Waals surface area contributed by atoms with Gasteiger partial charge in [-0.15, -0.1) is 0 Å². The van der Waals surface area contributed by atoms with Crippen LogP contribution in [0.1, 0.15) is 98.3 Å². The summed E-state index contributed by atoms with van der Waals surface area (Å²) < 4.78 is 13.7. The quantitative estimate of drug-likeness (QED) is 0.231. The number of alkyl halides is 1. The molecule has 4 rings (SSSR count). The molecule has 1 heterocycles. The van der Waals surface area contributed by atoms with Crippen molar-refractivity contribution in [1.82, 2.24) is 10.6 Å². The Labute approximate surface area is 221 Å². The monoisotopic (exact) mass is 499 g/mol. The van der Waals surface area contributed by atoms with E-state index in [1.54, 1.807) is 5.57 Å². The molecule has 4 fully saturated rings. The van der Waals surface area contributed by atoms with Gasteiger partial charge >= 0.3 is 0 Å². The molecule has 204 valence electrons. The molecule has 4 heteroatoms. The fraction of sp³-hybridized carbons (Fsp3) is 0.844. The van der Waals surface area contributed by atoms with Crippen molar-refractivity contribution in [2.24, 2.45) is 39.5 Å². The van der Waals surface area contributed by atoms with Gasteiger partial charge in [0.05, 0.1) is 0 Å². The molecule has 36 heavy (non-hydrogen) atoms. The van der Waals surface area contributed by atoms with Crippen molar-refractivity contribution >= 4 is 5.71 Å². The molecule has 0 aromatic rings. The number of rotatable bonds is 11. The topological polar surface area (TPSA) is 36.4 Å². The first-order valence-electron chi connectivity index (χ1n) is 15.3. The average molecular weight is 500 g/mol. The van der Waals surface area contributed by atoms with E-state index in [4.69, 9.17) is 4.99 Å². The zero-order chi connectivity index (χ0) is 25.8. The minimum Gasteiger partial charge on any atom is -0.317 e. The van der Waals surface area contributed by atoms with Crippen LogP contribution in [-0.4, -0.2) is 44.1 Å². The minimum absolute atomic E-state index is 0.0533. The Hall–Kier alpha value is -1.00. The first kappa shape index (κ1) is 28.0. The van der Waals surface area contributed by atoms with Gasteiger partial charge in [0.15, 0.2) is 0 Å². The molecular weight excluding hydrogens is 445 g/mol. The van der Waals surface area contributed by atoms with E-state index < -0.39 is 6.17 Å². The molecule has 0 aromatic heterocycles.